The van der Waals surface area contributed by atoms with Gasteiger partial charge in [-0.15, -0.1) is 0 Å². The van der Waals surface area contributed by atoms with E-state index in [2.05, 4.69) is 20.3 Å². The number of nitrogens with two attached hydrogens (primary N) is 1. The van der Waals surface area contributed by atoms with E-state index >= 15 is 0 Å². The van der Waals surface area contributed by atoms with Gasteiger partial charge in [0.25, 0.3) is 5.91 Å². The summed E-state index contributed by atoms with van der Waals surface area (Å²) in [6.07, 6.45) is 5.13. The molecule has 0 aliphatic rings. The first kappa shape index (κ1) is 13.1. The molecule has 8 heteroatoms. The average Bonchev–Trinajstić information content (AvgIpc) is 2.92. The van der Waals surface area contributed by atoms with Crippen LogP contribution < -0.4 is 22.1 Å². The van der Waals surface area contributed by atoms with Crippen LogP contribution >= 0.6 is 0 Å². The number of amides is 1. The molecule has 0 atom stereocenters. The predicted octanol–water partition coefficient (Wildman–Crippen LogP) is -1.65. The number of aromatic nitrogens is 3. The summed E-state index contributed by atoms with van der Waals surface area (Å²) in [5.74, 6) is 0.0678. The molecule has 92 valence electrons. The first-order valence-corrected chi connectivity index (χ1v) is 5.55. The first-order chi connectivity index (χ1) is 9.06. The number of hydrogen-bond acceptors (Lipinski definition) is 3. The highest BCUT2D eigenvalue weighted by atomic mass is 16.1. The minimum absolute atomic E-state index is 0.280. The number of nitrogens with zero attached hydrogens (tertiary/aromatic N) is 1. The van der Waals surface area contributed by atoms with Gasteiger partial charge in [-0.25, -0.2) is 4.98 Å². The van der Waals surface area contributed by atoms with Crippen molar-refractivity contribution >= 4 is 44.7 Å². The Kier molecular flexibility index (Phi) is 3.79. The third-order valence-electron chi connectivity index (χ3n) is 2.42. The highest BCUT2D eigenvalue weighted by Crippen LogP contribution is 1.99. The van der Waals surface area contributed by atoms with Crippen LogP contribution in [0.1, 0.15) is 16.2 Å². The average molecular weight is 251 g/mol. The molecule has 5 N–H and O–H groups in total. The molecule has 4 radical (unpaired) electrons. The quantitative estimate of drug-likeness (QED) is 0.490. The van der Waals surface area contributed by atoms with Gasteiger partial charge in [-0.1, -0.05) is 11.5 Å². The lowest BCUT2D eigenvalue weighted by atomic mass is 9.87. The van der Waals surface area contributed by atoms with Crippen molar-refractivity contribution < 1.29 is 4.79 Å². The molecule has 0 bridgehead atoms. The Bertz CT molecular complexity index is 597. The van der Waals surface area contributed by atoms with Crippen molar-refractivity contribution in [2.24, 2.45) is 0 Å². The molecule has 0 saturated carbocycles. The zero-order chi connectivity index (χ0) is 13.8. The fourth-order valence-electron chi connectivity index (χ4n) is 1.48. The van der Waals surface area contributed by atoms with Gasteiger partial charge in [-0.3, -0.25) is 4.79 Å². The van der Waals surface area contributed by atoms with Crippen LogP contribution in [0.5, 0.6) is 0 Å². The van der Waals surface area contributed by atoms with Gasteiger partial charge < -0.3 is 21.0 Å². The van der Waals surface area contributed by atoms with Crippen molar-refractivity contribution in [3.63, 3.8) is 0 Å². The molecule has 2 heterocycles. The van der Waals surface area contributed by atoms with Crippen molar-refractivity contribution in [2.45, 2.75) is 0 Å². The number of H-pyrrole nitrogens is 2. The van der Waals surface area contributed by atoms with E-state index in [-0.39, 0.29) is 11.5 Å². The molecule has 2 rings (SSSR count). The first-order valence-electron chi connectivity index (χ1n) is 5.55. The molecule has 0 spiro atoms. The number of aromatic amines is 2. The minimum atomic E-state index is -0.280. The van der Waals surface area contributed by atoms with E-state index in [4.69, 9.17) is 21.4 Å². The van der Waals surface area contributed by atoms with Gasteiger partial charge in [0.15, 0.2) is 5.95 Å². The van der Waals surface area contributed by atoms with Crippen LogP contribution in [0.25, 0.3) is 6.08 Å². The summed E-state index contributed by atoms with van der Waals surface area (Å²) in [7, 11) is 11.1. The van der Waals surface area contributed by atoms with E-state index in [0.717, 1.165) is 5.69 Å². The van der Waals surface area contributed by atoms with E-state index in [1.807, 2.05) is 0 Å². The van der Waals surface area contributed by atoms with Crippen LogP contribution in [0.3, 0.4) is 0 Å². The Hall–Kier alpha value is -2.37. The molecular weight excluding hydrogens is 240 g/mol. The zero-order valence-electron chi connectivity index (χ0n) is 10.1. The summed E-state index contributed by atoms with van der Waals surface area (Å²) in [5, 5.41) is 2.68. The van der Waals surface area contributed by atoms with Crippen molar-refractivity contribution in [2.75, 3.05) is 12.3 Å². The van der Waals surface area contributed by atoms with E-state index in [9.17, 15) is 4.79 Å². The number of nitrogen functional groups attached to an aromatic ring is 1. The fourth-order valence-corrected chi connectivity index (χ4v) is 1.48. The van der Waals surface area contributed by atoms with Crippen LogP contribution in [0, 0.1) is 0 Å². The Balaban J connectivity index is 1.85. The van der Waals surface area contributed by atoms with Crippen molar-refractivity contribution in [1.29, 1.82) is 0 Å². The van der Waals surface area contributed by atoms with Gasteiger partial charge in [0, 0.05) is 6.54 Å². The Morgan fingerprint density at radius 3 is 2.84 bits per heavy atom. The Labute approximate surface area is 112 Å². The van der Waals surface area contributed by atoms with Gasteiger partial charge >= 0.3 is 0 Å². The van der Waals surface area contributed by atoms with Crippen LogP contribution in [-0.2, 0) is 0 Å². The summed E-state index contributed by atoms with van der Waals surface area (Å²) in [4.78, 5) is 21.1. The molecule has 0 saturated heterocycles. The van der Waals surface area contributed by atoms with Crippen LogP contribution in [0.4, 0.5) is 5.95 Å². The van der Waals surface area contributed by atoms with Crippen molar-refractivity contribution in [3.05, 3.63) is 29.7 Å². The summed E-state index contributed by atoms with van der Waals surface area (Å²) in [6, 6.07) is 1.49. The number of carbonyl (C=O) groups excluding carboxylic acids is 1. The standard InChI is InChI=1S/C11H11B2N5O/c12-7-4-8(18-9(7)13)10(19)15-3-1-2-6-5-16-11(14)17-6/h1-2,4-5,18H,3H2,(H,15,19)(H3,14,16,17)/b2-1+. The molecule has 0 fully saturated rings. The maximum absolute atomic E-state index is 11.7. The topological polar surface area (TPSA) is 99.6 Å². The molecule has 19 heavy (non-hydrogen) atoms. The molecule has 0 aliphatic carbocycles. The zero-order valence-corrected chi connectivity index (χ0v) is 10.1. The summed E-state index contributed by atoms with van der Waals surface area (Å²) in [6.45, 7) is 0.358. The second-order valence-electron chi connectivity index (χ2n) is 3.89. The Morgan fingerprint density at radius 2 is 2.26 bits per heavy atom. The lowest BCUT2D eigenvalue weighted by Crippen LogP contribution is -2.24. The third kappa shape index (κ3) is 3.31. The summed E-state index contributed by atoms with van der Waals surface area (Å²) < 4.78 is 0. The van der Waals surface area contributed by atoms with E-state index in [0.29, 0.717) is 23.6 Å². The van der Waals surface area contributed by atoms with Gasteiger partial charge in [0.05, 0.1) is 11.9 Å². The Morgan fingerprint density at radius 1 is 1.47 bits per heavy atom. The van der Waals surface area contributed by atoms with Crippen LogP contribution in [0.15, 0.2) is 18.3 Å². The van der Waals surface area contributed by atoms with Gasteiger partial charge in [0.1, 0.15) is 21.4 Å². The molecule has 6 nitrogen and oxygen atoms in total. The number of anilines is 1. The van der Waals surface area contributed by atoms with Crippen LogP contribution in [0.2, 0.25) is 0 Å². The second-order valence-corrected chi connectivity index (χ2v) is 3.89. The van der Waals surface area contributed by atoms with E-state index in [1.165, 1.54) is 6.07 Å². The smallest absolute Gasteiger partial charge is 0.267 e. The van der Waals surface area contributed by atoms with Gasteiger partial charge in [0.2, 0.25) is 0 Å². The predicted molar refractivity (Wildman–Crippen MR) is 75.9 cm³/mol. The monoisotopic (exact) mass is 251 g/mol. The number of hydrogen-bond donors (Lipinski definition) is 4. The highest BCUT2D eigenvalue weighted by Gasteiger charge is 2.07. The van der Waals surface area contributed by atoms with Gasteiger partial charge in [-0.05, 0) is 17.7 Å². The molecule has 0 unspecified atom stereocenters. The lowest BCUT2D eigenvalue weighted by Gasteiger charge is -1.99. The highest BCUT2D eigenvalue weighted by molar-refractivity contribution is 6.48. The number of nitrogens with one attached hydrogen (secondary N) is 3. The molecule has 0 aromatic carbocycles. The minimum Gasteiger partial charge on any atom is -0.369 e. The maximum Gasteiger partial charge on any atom is 0.267 e. The number of imidazole rings is 1. The molecular formula is C11H11B2N5O. The molecule has 0 aliphatic heterocycles. The lowest BCUT2D eigenvalue weighted by molar-refractivity contribution is 0.0954. The maximum atomic E-state index is 11.7. The number of carbonyl (C=O) groups is 1. The van der Waals surface area contributed by atoms with E-state index < -0.39 is 0 Å². The SMILES string of the molecule is [B]c1cc(C(=O)NC/C=C/c2cnc(N)[nH]2)[nH]c1[B]. The normalized spacial score (nSPS) is 10.9. The summed E-state index contributed by atoms with van der Waals surface area (Å²) in [5.41, 5.74) is 7.16. The van der Waals surface area contributed by atoms with Crippen LogP contribution in [-0.4, -0.2) is 43.1 Å². The largest absolute Gasteiger partial charge is 0.369 e. The third-order valence-corrected chi connectivity index (χ3v) is 2.42. The summed E-state index contributed by atoms with van der Waals surface area (Å²) >= 11 is 0. The molecule has 1 amide bonds. The number of rotatable bonds is 4. The van der Waals surface area contributed by atoms with Gasteiger partial charge in [-0.2, -0.15) is 0 Å². The van der Waals surface area contributed by atoms with Crippen molar-refractivity contribution in [1.82, 2.24) is 20.3 Å². The van der Waals surface area contributed by atoms with E-state index in [1.54, 1.807) is 18.3 Å². The molecule has 2 aromatic heterocycles. The fraction of sp³-hybridized carbons (Fsp3) is 0.0909. The second kappa shape index (κ2) is 5.51. The molecule has 2 aromatic rings. The van der Waals surface area contributed by atoms with Crippen molar-refractivity contribution in [3.8, 4) is 0 Å².